The van der Waals surface area contributed by atoms with E-state index in [1.807, 2.05) is 36.9 Å². The summed E-state index contributed by atoms with van der Waals surface area (Å²) in [5.74, 6) is 0. The molecule has 0 bridgehead atoms. The summed E-state index contributed by atoms with van der Waals surface area (Å²) >= 11 is 12.4. The van der Waals surface area contributed by atoms with Gasteiger partial charge in [-0.15, -0.1) is 0 Å². The van der Waals surface area contributed by atoms with Crippen LogP contribution in [-0.2, 0) is 19.9 Å². The first-order chi connectivity index (χ1) is 9.40. The third kappa shape index (κ3) is 3.17. The Kier molecular flexibility index (Phi) is 4.74. The normalized spacial score (nSPS) is 12.7. The van der Waals surface area contributed by atoms with E-state index in [0.29, 0.717) is 16.5 Å². The summed E-state index contributed by atoms with van der Waals surface area (Å²) in [4.78, 5) is 0. The molecule has 0 saturated heterocycles. The van der Waals surface area contributed by atoms with Gasteiger partial charge in [0.15, 0.2) is 0 Å². The number of hydrogen-bond donors (Lipinski definition) is 1. The average molecular weight is 312 g/mol. The van der Waals surface area contributed by atoms with Gasteiger partial charge in [-0.1, -0.05) is 29.3 Å². The fraction of sp³-hybridized carbons (Fsp3) is 0.400. The Balaban J connectivity index is 2.15. The topological polar surface area (TPSA) is 43.8 Å². The molecule has 0 radical (unpaired) electrons. The van der Waals surface area contributed by atoms with E-state index in [0.717, 1.165) is 23.4 Å². The number of aryl methyl sites for hydroxylation is 2. The average Bonchev–Trinajstić information content (AvgIpc) is 2.61. The molecule has 2 aromatic rings. The maximum absolute atomic E-state index is 6.27. The molecule has 0 fully saturated rings. The van der Waals surface area contributed by atoms with E-state index in [9.17, 15) is 0 Å². The van der Waals surface area contributed by atoms with Crippen LogP contribution in [0, 0.1) is 13.8 Å². The molecule has 0 aliphatic carbocycles. The fourth-order valence-corrected chi connectivity index (χ4v) is 2.99. The number of nitrogens with zero attached hydrogens (tertiary/aromatic N) is 2. The first-order valence-electron chi connectivity index (χ1n) is 6.57. The number of hydrogen-bond acceptors (Lipinski definition) is 2. The van der Waals surface area contributed by atoms with Crippen molar-refractivity contribution in [2.75, 3.05) is 0 Å². The molecule has 2 rings (SSSR count). The molecule has 1 unspecified atom stereocenters. The van der Waals surface area contributed by atoms with Gasteiger partial charge >= 0.3 is 0 Å². The van der Waals surface area contributed by atoms with Gasteiger partial charge in [0.25, 0.3) is 0 Å². The Bertz CT molecular complexity index is 600. The summed E-state index contributed by atoms with van der Waals surface area (Å²) < 4.78 is 1.89. The van der Waals surface area contributed by atoms with Crippen LogP contribution >= 0.6 is 23.2 Å². The van der Waals surface area contributed by atoms with Crippen LogP contribution in [0.4, 0.5) is 0 Å². The number of rotatable bonds is 4. The molecular weight excluding hydrogens is 293 g/mol. The molecule has 5 heteroatoms. The highest BCUT2D eigenvalue weighted by molar-refractivity contribution is 6.36. The molecule has 0 aliphatic rings. The van der Waals surface area contributed by atoms with Gasteiger partial charge in [0.1, 0.15) is 0 Å². The molecule has 1 aromatic carbocycles. The zero-order valence-corrected chi connectivity index (χ0v) is 13.5. The first kappa shape index (κ1) is 15.4. The highest BCUT2D eigenvalue weighted by Crippen LogP contribution is 2.26. The van der Waals surface area contributed by atoms with Crippen molar-refractivity contribution in [1.82, 2.24) is 9.78 Å². The lowest BCUT2D eigenvalue weighted by Gasteiger charge is -2.14. The van der Waals surface area contributed by atoms with E-state index in [2.05, 4.69) is 12.0 Å². The van der Waals surface area contributed by atoms with Crippen LogP contribution in [0.1, 0.15) is 22.5 Å². The van der Waals surface area contributed by atoms with Gasteiger partial charge in [0.05, 0.1) is 5.69 Å². The van der Waals surface area contributed by atoms with E-state index >= 15 is 0 Å². The summed E-state index contributed by atoms with van der Waals surface area (Å²) in [5.41, 5.74) is 10.6. The second-order valence-corrected chi connectivity index (χ2v) is 5.96. The van der Waals surface area contributed by atoms with Crippen LogP contribution in [0.25, 0.3) is 0 Å². The Labute approximate surface area is 129 Å². The van der Waals surface area contributed by atoms with Gasteiger partial charge in [0.2, 0.25) is 0 Å². The summed E-state index contributed by atoms with van der Waals surface area (Å²) in [7, 11) is 1.95. The van der Waals surface area contributed by atoms with Crippen molar-refractivity contribution >= 4 is 23.2 Å². The van der Waals surface area contributed by atoms with Crippen molar-refractivity contribution < 1.29 is 0 Å². The third-order valence-corrected chi connectivity index (χ3v) is 4.36. The Morgan fingerprint density at radius 2 is 1.70 bits per heavy atom. The van der Waals surface area contributed by atoms with Gasteiger partial charge in [-0.3, -0.25) is 4.68 Å². The van der Waals surface area contributed by atoms with Crippen molar-refractivity contribution in [1.29, 1.82) is 0 Å². The fourth-order valence-electron chi connectivity index (χ4n) is 2.44. The van der Waals surface area contributed by atoms with Gasteiger partial charge in [0, 0.05) is 28.8 Å². The van der Waals surface area contributed by atoms with Crippen molar-refractivity contribution in [3.8, 4) is 0 Å². The molecule has 0 amide bonds. The largest absolute Gasteiger partial charge is 0.327 e. The maximum atomic E-state index is 6.27. The molecule has 0 spiro atoms. The number of nitrogens with two attached hydrogens (primary N) is 1. The molecule has 0 saturated carbocycles. The zero-order chi connectivity index (χ0) is 14.9. The monoisotopic (exact) mass is 311 g/mol. The van der Waals surface area contributed by atoms with E-state index in [1.54, 1.807) is 0 Å². The van der Waals surface area contributed by atoms with Gasteiger partial charge in [-0.05, 0) is 49.9 Å². The van der Waals surface area contributed by atoms with Crippen LogP contribution in [0.3, 0.4) is 0 Å². The standard InChI is InChI=1S/C15H19Cl2N3/c1-9-12(10(2)20(3)19-9)7-11(18)8-13-14(16)5-4-6-15(13)17/h4-6,11H,7-8,18H2,1-3H3. The van der Waals surface area contributed by atoms with E-state index in [1.165, 1.54) is 5.56 Å². The highest BCUT2D eigenvalue weighted by atomic mass is 35.5. The molecule has 1 aromatic heterocycles. The van der Waals surface area contributed by atoms with Crippen molar-refractivity contribution in [3.05, 3.63) is 50.8 Å². The third-order valence-electron chi connectivity index (χ3n) is 3.65. The predicted molar refractivity (Wildman–Crippen MR) is 84.5 cm³/mol. The van der Waals surface area contributed by atoms with Crippen LogP contribution in [-0.4, -0.2) is 15.8 Å². The van der Waals surface area contributed by atoms with Crippen molar-refractivity contribution in [2.24, 2.45) is 12.8 Å². The van der Waals surface area contributed by atoms with Crippen molar-refractivity contribution in [3.63, 3.8) is 0 Å². The predicted octanol–water partition coefficient (Wildman–Crippen LogP) is 3.46. The first-order valence-corrected chi connectivity index (χ1v) is 7.33. The molecule has 1 atom stereocenters. The Hall–Kier alpha value is -1.03. The second kappa shape index (κ2) is 6.17. The Morgan fingerprint density at radius 1 is 1.15 bits per heavy atom. The minimum atomic E-state index is -0.0333. The Morgan fingerprint density at radius 3 is 2.20 bits per heavy atom. The SMILES string of the molecule is Cc1nn(C)c(C)c1CC(N)Cc1c(Cl)cccc1Cl. The molecule has 1 heterocycles. The lowest BCUT2D eigenvalue weighted by molar-refractivity contribution is 0.659. The highest BCUT2D eigenvalue weighted by Gasteiger charge is 2.16. The lowest BCUT2D eigenvalue weighted by Crippen LogP contribution is -2.26. The molecule has 108 valence electrons. The van der Waals surface area contributed by atoms with E-state index in [4.69, 9.17) is 28.9 Å². The summed E-state index contributed by atoms with van der Waals surface area (Å²) in [6, 6.07) is 5.50. The number of aromatic nitrogens is 2. The summed E-state index contributed by atoms with van der Waals surface area (Å²) in [5, 5.41) is 5.76. The molecule has 3 nitrogen and oxygen atoms in total. The van der Waals surface area contributed by atoms with E-state index in [-0.39, 0.29) is 6.04 Å². The maximum Gasteiger partial charge on any atom is 0.0628 e. The molecule has 20 heavy (non-hydrogen) atoms. The molecule has 2 N–H and O–H groups in total. The quantitative estimate of drug-likeness (QED) is 0.939. The minimum Gasteiger partial charge on any atom is -0.327 e. The number of halogens is 2. The second-order valence-electron chi connectivity index (χ2n) is 5.14. The number of benzene rings is 1. The van der Waals surface area contributed by atoms with Gasteiger partial charge in [-0.25, -0.2) is 0 Å². The van der Waals surface area contributed by atoms with Gasteiger partial charge < -0.3 is 5.73 Å². The van der Waals surface area contributed by atoms with E-state index < -0.39 is 0 Å². The van der Waals surface area contributed by atoms with Crippen LogP contribution < -0.4 is 5.73 Å². The summed E-state index contributed by atoms with van der Waals surface area (Å²) in [6.07, 6.45) is 1.43. The van der Waals surface area contributed by atoms with Gasteiger partial charge in [-0.2, -0.15) is 5.10 Å². The van der Waals surface area contributed by atoms with Crippen LogP contribution in [0.2, 0.25) is 10.0 Å². The van der Waals surface area contributed by atoms with Crippen LogP contribution in [0.5, 0.6) is 0 Å². The summed E-state index contributed by atoms with van der Waals surface area (Å²) in [6.45, 7) is 4.07. The van der Waals surface area contributed by atoms with Crippen molar-refractivity contribution in [2.45, 2.75) is 32.7 Å². The van der Waals surface area contributed by atoms with Crippen LogP contribution in [0.15, 0.2) is 18.2 Å². The molecular formula is C15H19Cl2N3. The molecule has 0 aliphatic heterocycles. The lowest BCUT2D eigenvalue weighted by atomic mass is 9.98. The minimum absolute atomic E-state index is 0.0333. The smallest absolute Gasteiger partial charge is 0.0628 e. The zero-order valence-electron chi connectivity index (χ0n) is 12.0.